The lowest BCUT2D eigenvalue weighted by Crippen LogP contribution is -2.29. The van der Waals surface area contributed by atoms with E-state index in [-0.39, 0.29) is 11.9 Å². The van der Waals surface area contributed by atoms with Gasteiger partial charge in [-0.1, -0.05) is 25.1 Å². The van der Waals surface area contributed by atoms with Gasteiger partial charge in [-0.3, -0.25) is 4.79 Å². The number of carbonyl (C=O) groups is 1. The van der Waals surface area contributed by atoms with Crippen molar-refractivity contribution in [3.8, 4) is 17.2 Å². The van der Waals surface area contributed by atoms with Crippen molar-refractivity contribution in [2.24, 2.45) is 0 Å². The molecule has 0 aliphatic heterocycles. The van der Waals surface area contributed by atoms with Crippen LogP contribution in [0.2, 0.25) is 0 Å². The second-order valence-corrected chi connectivity index (χ2v) is 5.67. The van der Waals surface area contributed by atoms with Gasteiger partial charge in [0.1, 0.15) is 5.75 Å². The van der Waals surface area contributed by atoms with Gasteiger partial charge in [-0.2, -0.15) is 0 Å². The van der Waals surface area contributed by atoms with Gasteiger partial charge in [-0.05, 0) is 41.8 Å². The molecular formula is C20H25NO4. The summed E-state index contributed by atoms with van der Waals surface area (Å²) in [6.45, 7) is 2.04. The third-order valence-corrected chi connectivity index (χ3v) is 4.08. The monoisotopic (exact) mass is 343 g/mol. The summed E-state index contributed by atoms with van der Waals surface area (Å²) in [6.07, 6.45) is 1.11. The Morgan fingerprint density at radius 2 is 1.64 bits per heavy atom. The van der Waals surface area contributed by atoms with Gasteiger partial charge in [0.25, 0.3) is 0 Å². The number of hydrogen-bond acceptors (Lipinski definition) is 4. The number of benzene rings is 2. The van der Waals surface area contributed by atoms with E-state index < -0.39 is 0 Å². The van der Waals surface area contributed by atoms with Crippen molar-refractivity contribution in [3.05, 3.63) is 53.6 Å². The molecule has 1 unspecified atom stereocenters. The molecule has 25 heavy (non-hydrogen) atoms. The molecular weight excluding hydrogens is 318 g/mol. The van der Waals surface area contributed by atoms with E-state index in [0.29, 0.717) is 17.9 Å². The van der Waals surface area contributed by atoms with Gasteiger partial charge >= 0.3 is 0 Å². The predicted molar refractivity (Wildman–Crippen MR) is 97.4 cm³/mol. The summed E-state index contributed by atoms with van der Waals surface area (Å²) in [4.78, 5) is 12.4. The van der Waals surface area contributed by atoms with Crippen LogP contribution in [0.15, 0.2) is 42.5 Å². The maximum atomic E-state index is 12.4. The van der Waals surface area contributed by atoms with Crippen molar-refractivity contribution in [3.63, 3.8) is 0 Å². The number of amides is 1. The van der Waals surface area contributed by atoms with E-state index in [1.807, 2.05) is 49.4 Å². The normalized spacial score (nSPS) is 11.5. The lowest BCUT2D eigenvalue weighted by molar-refractivity contribution is -0.121. The van der Waals surface area contributed by atoms with E-state index in [0.717, 1.165) is 23.3 Å². The number of carbonyl (C=O) groups excluding carboxylic acids is 1. The van der Waals surface area contributed by atoms with E-state index in [2.05, 4.69) is 5.32 Å². The number of ether oxygens (including phenoxy) is 3. The van der Waals surface area contributed by atoms with Crippen LogP contribution in [-0.2, 0) is 11.2 Å². The summed E-state index contributed by atoms with van der Waals surface area (Å²) in [7, 11) is 4.83. The van der Waals surface area contributed by atoms with Crippen molar-refractivity contribution in [2.45, 2.75) is 25.8 Å². The maximum Gasteiger partial charge on any atom is 0.224 e. The summed E-state index contributed by atoms with van der Waals surface area (Å²) in [5.41, 5.74) is 1.93. The van der Waals surface area contributed by atoms with Crippen molar-refractivity contribution in [1.29, 1.82) is 0 Å². The van der Waals surface area contributed by atoms with E-state index in [1.54, 1.807) is 21.3 Å². The maximum absolute atomic E-state index is 12.4. The van der Waals surface area contributed by atoms with Gasteiger partial charge in [-0.25, -0.2) is 0 Å². The van der Waals surface area contributed by atoms with Gasteiger partial charge in [0.15, 0.2) is 11.5 Å². The summed E-state index contributed by atoms with van der Waals surface area (Å²) < 4.78 is 15.7. The smallest absolute Gasteiger partial charge is 0.224 e. The zero-order chi connectivity index (χ0) is 18.2. The fourth-order valence-corrected chi connectivity index (χ4v) is 2.66. The van der Waals surface area contributed by atoms with Crippen LogP contribution in [0.4, 0.5) is 0 Å². The minimum atomic E-state index is -0.0782. The minimum Gasteiger partial charge on any atom is -0.497 e. The topological polar surface area (TPSA) is 56.8 Å². The van der Waals surface area contributed by atoms with Crippen LogP contribution in [0.1, 0.15) is 30.5 Å². The number of nitrogens with one attached hydrogen (secondary N) is 1. The second kappa shape index (κ2) is 8.97. The third kappa shape index (κ3) is 4.89. The van der Waals surface area contributed by atoms with E-state index in [4.69, 9.17) is 14.2 Å². The van der Waals surface area contributed by atoms with Crippen molar-refractivity contribution in [2.75, 3.05) is 21.3 Å². The minimum absolute atomic E-state index is 0.0215. The molecule has 0 radical (unpaired) electrons. The quantitative estimate of drug-likeness (QED) is 0.797. The van der Waals surface area contributed by atoms with Crippen molar-refractivity contribution < 1.29 is 19.0 Å². The zero-order valence-electron chi connectivity index (χ0n) is 15.2. The molecule has 1 N–H and O–H groups in total. The van der Waals surface area contributed by atoms with Gasteiger partial charge in [0.05, 0.1) is 33.8 Å². The first kappa shape index (κ1) is 18.6. The summed E-state index contributed by atoms with van der Waals surface area (Å²) >= 11 is 0. The first-order valence-electron chi connectivity index (χ1n) is 8.25. The average Bonchev–Trinajstić information content (AvgIpc) is 2.66. The molecule has 5 nitrogen and oxygen atoms in total. The zero-order valence-corrected chi connectivity index (χ0v) is 15.2. The predicted octanol–water partition coefficient (Wildman–Crippen LogP) is 3.52. The lowest BCUT2D eigenvalue weighted by atomic mass is 10.0. The Morgan fingerprint density at radius 1 is 0.960 bits per heavy atom. The summed E-state index contributed by atoms with van der Waals surface area (Å²) in [5.74, 6) is 2.08. The standard InChI is InChI=1S/C20H25NO4/c1-5-17(15-8-11-18(24-3)19(13-15)25-4)21-20(22)12-14-6-9-16(23-2)10-7-14/h6-11,13,17H,5,12H2,1-4H3,(H,21,22). The Kier molecular flexibility index (Phi) is 6.69. The molecule has 1 atom stereocenters. The summed E-state index contributed by atoms with van der Waals surface area (Å²) in [5, 5.41) is 3.08. The number of methoxy groups -OCH3 is 3. The highest BCUT2D eigenvalue weighted by atomic mass is 16.5. The molecule has 0 aromatic heterocycles. The Balaban J connectivity index is 2.06. The Morgan fingerprint density at radius 3 is 2.20 bits per heavy atom. The van der Waals surface area contributed by atoms with Gasteiger partial charge < -0.3 is 19.5 Å². The van der Waals surface area contributed by atoms with Crippen LogP contribution in [0.5, 0.6) is 17.2 Å². The van der Waals surface area contributed by atoms with Crippen LogP contribution in [0, 0.1) is 0 Å². The molecule has 2 aromatic rings. The van der Waals surface area contributed by atoms with Gasteiger partial charge in [-0.15, -0.1) is 0 Å². The lowest BCUT2D eigenvalue weighted by Gasteiger charge is -2.19. The van der Waals surface area contributed by atoms with Crippen LogP contribution in [-0.4, -0.2) is 27.2 Å². The van der Waals surface area contributed by atoms with E-state index in [1.165, 1.54) is 0 Å². The molecule has 2 aromatic carbocycles. The summed E-state index contributed by atoms with van der Waals surface area (Å²) in [6, 6.07) is 13.1. The van der Waals surface area contributed by atoms with Crippen LogP contribution < -0.4 is 19.5 Å². The van der Waals surface area contributed by atoms with Gasteiger partial charge in [0, 0.05) is 0 Å². The molecule has 0 aliphatic carbocycles. The molecule has 1 amide bonds. The average molecular weight is 343 g/mol. The van der Waals surface area contributed by atoms with E-state index in [9.17, 15) is 4.79 Å². The molecule has 0 saturated heterocycles. The van der Waals surface area contributed by atoms with Gasteiger partial charge in [0.2, 0.25) is 5.91 Å². The Labute approximate surface area is 148 Å². The SMILES string of the molecule is CCC(NC(=O)Cc1ccc(OC)cc1)c1ccc(OC)c(OC)c1. The molecule has 5 heteroatoms. The highest BCUT2D eigenvalue weighted by Gasteiger charge is 2.15. The van der Waals surface area contributed by atoms with Crippen molar-refractivity contribution >= 4 is 5.91 Å². The molecule has 0 aliphatic rings. The fourth-order valence-electron chi connectivity index (χ4n) is 2.66. The highest BCUT2D eigenvalue weighted by molar-refractivity contribution is 5.79. The largest absolute Gasteiger partial charge is 0.497 e. The van der Waals surface area contributed by atoms with Crippen LogP contribution >= 0.6 is 0 Å². The number of rotatable bonds is 8. The second-order valence-electron chi connectivity index (χ2n) is 5.67. The molecule has 0 bridgehead atoms. The molecule has 0 fully saturated rings. The number of hydrogen-bond donors (Lipinski definition) is 1. The van der Waals surface area contributed by atoms with Crippen molar-refractivity contribution in [1.82, 2.24) is 5.32 Å². The first-order chi connectivity index (χ1) is 12.1. The Bertz CT molecular complexity index is 697. The van der Waals surface area contributed by atoms with Crippen LogP contribution in [0.25, 0.3) is 0 Å². The molecule has 0 saturated carbocycles. The van der Waals surface area contributed by atoms with E-state index >= 15 is 0 Å². The third-order valence-electron chi connectivity index (χ3n) is 4.08. The fraction of sp³-hybridized carbons (Fsp3) is 0.350. The molecule has 0 heterocycles. The first-order valence-corrected chi connectivity index (χ1v) is 8.25. The molecule has 0 spiro atoms. The Hall–Kier alpha value is -2.69. The van der Waals surface area contributed by atoms with Crippen LogP contribution in [0.3, 0.4) is 0 Å². The molecule has 2 rings (SSSR count). The highest BCUT2D eigenvalue weighted by Crippen LogP contribution is 2.30. The molecule has 134 valence electrons.